The summed E-state index contributed by atoms with van der Waals surface area (Å²) in [6, 6.07) is 17.1. The molecule has 1 unspecified atom stereocenters. The number of esters is 1. The van der Waals surface area contributed by atoms with Crippen molar-refractivity contribution in [2.24, 2.45) is 0 Å². The van der Waals surface area contributed by atoms with Crippen LogP contribution in [0.25, 0.3) is 11.5 Å². The van der Waals surface area contributed by atoms with Crippen LogP contribution in [0.4, 0.5) is 5.69 Å². The first-order valence-corrected chi connectivity index (χ1v) is 9.67. The Morgan fingerprint density at radius 2 is 1.83 bits per heavy atom. The van der Waals surface area contributed by atoms with E-state index in [1.807, 2.05) is 54.6 Å². The molecule has 0 bridgehead atoms. The number of rotatable bonds is 4. The first-order valence-electron chi connectivity index (χ1n) is 9.67. The normalized spacial score (nSPS) is 14.2. The second-order valence-corrected chi connectivity index (χ2v) is 7.06. The summed E-state index contributed by atoms with van der Waals surface area (Å²) in [5, 5.41) is 0. The first-order chi connectivity index (χ1) is 14.0. The number of oxazole rings is 1. The summed E-state index contributed by atoms with van der Waals surface area (Å²) in [5.74, 6) is -0.203. The lowest BCUT2D eigenvalue weighted by atomic mass is 10.0. The molecule has 29 heavy (non-hydrogen) atoms. The molecule has 6 nitrogen and oxygen atoms in total. The van der Waals surface area contributed by atoms with Crippen molar-refractivity contribution in [2.75, 3.05) is 11.4 Å². The van der Waals surface area contributed by atoms with E-state index in [9.17, 15) is 9.59 Å². The van der Waals surface area contributed by atoms with Crippen LogP contribution >= 0.6 is 0 Å². The van der Waals surface area contributed by atoms with Gasteiger partial charge >= 0.3 is 5.97 Å². The Kier molecular flexibility index (Phi) is 5.16. The van der Waals surface area contributed by atoms with Crippen LogP contribution in [-0.4, -0.2) is 29.5 Å². The SMILES string of the molecule is Cc1oc(-c2ccccc2)nc1C(=O)OC(C)C(=O)N1CCCc2ccccc21. The van der Waals surface area contributed by atoms with Gasteiger partial charge in [0.2, 0.25) is 5.89 Å². The van der Waals surface area contributed by atoms with E-state index >= 15 is 0 Å². The Bertz CT molecular complexity index is 1040. The van der Waals surface area contributed by atoms with Crippen molar-refractivity contribution in [3.05, 3.63) is 71.6 Å². The minimum atomic E-state index is -0.926. The van der Waals surface area contributed by atoms with Crippen molar-refractivity contribution in [3.8, 4) is 11.5 Å². The number of ether oxygens (including phenoxy) is 1. The number of carbonyl (C=O) groups excluding carboxylic acids is 2. The van der Waals surface area contributed by atoms with Gasteiger partial charge in [0.1, 0.15) is 5.76 Å². The number of hydrogen-bond donors (Lipinski definition) is 0. The first kappa shape index (κ1) is 18.9. The average molecular weight is 390 g/mol. The van der Waals surface area contributed by atoms with E-state index < -0.39 is 12.1 Å². The number of aromatic nitrogens is 1. The second kappa shape index (κ2) is 7.91. The van der Waals surface area contributed by atoms with Gasteiger partial charge in [-0.05, 0) is 50.5 Å². The third-order valence-electron chi connectivity index (χ3n) is 5.02. The van der Waals surface area contributed by atoms with Crippen molar-refractivity contribution < 1.29 is 18.7 Å². The van der Waals surface area contributed by atoms with Crippen molar-refractivity contribution in [2.45, 2.75) is 32.8 Å². The second-order valence-electron chi connectivity index (χ2n) is 7.06. The Hall–Kier alpha value is -3.41. The van der Waals surface area contributed by atoms with Gasteiger partial charge in [0.15, 0.2) is 11.8 Å². The molecule has 2 heterocycles. The molecule has 0 fully saturated rings. The molecule has 0 N–H and O–H groups in total. The zero-order valence-corrected chi connectivity index (χ0v) is 16.4. The van der Waals surface area contributed by atoms with Gasteiger partial charge < -0.3 is 14.1 Å². The molecular formula is C23H22N2O4. The Morgan fingerprint density at radius 3 is 2.62 bits per heavy atom. The summed E-state index contributed by atoms with van der Waals surface area (Å²) >= 11 is 0. The predicted octanol–water partition coefficient (Wildman–Crippen LogP) is 4.17. The Balaban J connectivity index is 1.49. The molecule has 0 saturated heterocycles. The van der Waals surface area contributed by atoms with Crippen LogP contribution < -0.4 is 4.90 Å². The van der Waals surface area contributed by atoms with Crippen LogP contribution in [0.15, 0.2) is 59.0 Å². The van der Waals surface area contributed by atoms with Gasteiger partial charge in [0, 0.05) is 17.8 Å². The molecule has 2 aromatic carbocycles. The highest BCUT2D eigenvalue weighted by Crippen LogP contribution is 2.28. The van der Waals surface area contributed by atoms with Crippen molar-refractivity contribution in [1.82, 2.24) is 4.98 Å². The molecule has 0 radical (unpaired) electrons. The Labute approximate surface area is 169 Å². The molecule has 1 aliphatic heterocycles. The highest BCUT2D eigenvalue weighted by atomic mass is 16.5. The van der Waals surface area contributed by atoms with Crippen LogP contribution in [0.1, 0.15) is 35.2 Å². The highest BCUT2D eigenvalue weighted by molar-refractivity contribution is 5.99. The molecule has 1 amide bonds. The number of aryl methyl sites for hydroxylation is 2. The molecule has 0 spiro atoms. The van der Waals surface area contributed by atoms with Gasteiger partial charge in [-0.3, -0.25) is 4.79 Å². The largest absolute Gasteiger partial charge is 0.448 e. The number of hydrogen-bond acceptors (Lipinski definition) is 5. The number of fused-ring (bicyclic) bond motifs is 1. The van der Waals surface area contributed by atoms with Gasteiger partial charge in [-0.1, -0.05) is 36.4 Å². The number of nitrogens with zero attached hydrogens (tertiary/aromatic N) is 2. The van der Waals surface area contributed by atoms with E-state index in [-0.39, 0.29) is 11.6 Å². The molecular weight excluding hydrogens is 368 g/mol. The molecule has 1 aromatic heterocycles. The quantitative estimate of drug-likeness (QED) is 0.625. The zero-order valence-electron chi connectivity index (χ0n) is 16.4. The van der Waals surface area contributed by atoms with Crippen molar-refractivity contribution in [3.63, 3.8) is 0 Å². The van der Waals surface area contributed by atoms with Gasteiger partial charge in [0.25, 0.3) is 5.91 Å². The maximum Gasteiger partial charge on any atom is 0.361 e. The summed E-state index contributed by atoms with van der Waals surface area (Å²) in [5.41, 5.74) is 2.87. The molecule has 0 saturated carbocycles. The fourth-order valence-electron chi connectivity index (χ4n) is 3.54. The van der Waals surface area contributed by atoms with Gasteiger partial charge in [0.05, 0.1) is 0 Å². The lowest BCUT2D eigenvalue weighted by Gasteiger charge is -2.31. The van der Waals surface area contributed by atoms with Crippen LogP contribution in [0, 0.1) is 6.92 Å². The molecule has 1 atom stereocenters. The standard InChI is InChI=1S/C23H22N2O4/c1-15-20(24-21(28-15)18-10-4-3-5-11-18)23(27)29-16(2)22(26)25-14-8-12-17-9-6-7-13-19(17)25/h3-7,9-11,13,16H,8,12,14H2,1-2H3. The smallest absolute Gasteiger partial charge is 0.361 e. The molecule has 4 rings (SSSR count). The van der Waals surface area contributed by atoms with Crippen molar-refractivity contribution >= 4 is 17.6 Å². The number of carbonyl (C=O) groups is 2. The van der Waals surface area contributed by atoms with E-state index in [0.29, 0.717) is 18.2 Å². The van der Waals surface area contributed by atoms with E-state index in [0.717, 1.165) is 29.7 Å². The number of benzene rings is 2. The fraction of sp³-hybridized carbons (Fsp3) is 0.261. The van der Waals surface area contributed by atoms with Gasteiger partial charge in [-0.25, -0.2) is 9.78 Å². The van der Waals surface area contributed by atoms with Crippen LogP contribution in [-0.2, 0) is 16.0 Å². The molecule has 6 heteroatoms. The minimum absolute atomic E-state index is 0.0857. The van der Waals surface area contributed by atoms with E-state index in [2.05, 4.69) is 4.98 Å². The molecule has 1 aliphatic rings. The predicted molar refractivity (Wildman–Crippen MR) is 109 cm³/mol. The van der Waals surface area contributed by atoms with E-state index in [1.165, 1.54) is 0 Å². The lowest BCUT2D eigenvalue weighted by Crippen LogP contribution is -2.42. The maximum absolute atomic E-state index is 12.9. The highest BCUT2D eigenvalue weighted by Gasteiger charge is 2.30. The maximum atomic E-state index is 12.9. The summed E-state index contributed by atoms with van der Waals surface area (Å²) in [7, 11) is 0. The Morgan fingerprint density at radius 1 is 1.10 bits per heavy atom. The van der Waals surface area contributed by atoms with Crippen molar-refractivity contribution in [1.29, 1.82) is 0 Å². The van der Waals surface area contributed by atoms with Gasteiger partial charge in [-0.2, -0.15) is 0 Å². The van der Waals surface area contributed by atoms with E-state index in [4.69, 9.17) is 9.15 Å². The number of anilines is 1. The topological polar surface area (TPSA) is 72.6 Å². The summed E-state index contributed by atoms with van der Waals surface area (Å²) < 4.78 is 11.1. The molecule has 148 valence electrons. The fourth-order valence-corrected chi connectivity index (χ4v) is 3.54. The molecule has 0 aliphatic carbocycles. The van der Waals surface area contributed by atoms with E-state index in [1.54, 1.807) is 18.7 Å². The third-order valence-corrected chi connectivity index (χ3v) is 5.02. The average Bonchev–Trinajstić information content (AvgIpc) is 3.15. The lowest BCUT2D eigenvalue weighted by molar-refractivity contribution is -0.126. The monoisotopic (exact) mass is 390 g/mol. The number of amides is 1. The summed E-state index contributed by atoms with van der Waals surface area (Å²) in [6.07, 6.45) is 0.894. The zero-order chi connectivity index (χ0) is 20.4. The third kappa shape index (κ3) is 3.78. The molecule has 3 aromatic rings. The van der Waals surface area contributed by atoms with Crippen LogP contribution in [0.5, 0.6) is 0 Å². The van der Waals surface area contributed by atoms with Crippen LogP contribution in [0.3, 0.4) is 0 Å². The number of para-hydroxylation sites is 1. The minimum Gasteiger partial charge on any atom is -0.448 e. The summed E-state index contributed by atoms with van der Waals surface area (Å²) in [4.78, 5) is 31.6. The van der Waals surface area contributed by atoms with Crippen LogP contribution in [0.2, 0.25) is 0 Å². The summed E-state index contributed by atoms with van der Waals surface area (Å²) in [6.45, 7) is 3.85. The van der Waals surface area contributed by atoms with Gasteiger partial charge in [-0.15, -0.1) is 0 Å².